The van der Waals surface area contributed by atoms with Crippen LogP contribution in [-0.4, -0.2) is 60.0 Å². The van der Waals surface area contributed by atoms with Crippen LogP contribution in [0.25, 0.3) is 0 Å². The fourth-order valence-corrected chi connectivity index (χ4v) is 2.50. The van der Waals surface area contributed by atoms with Crippen LogP contribution in [0, 0.1) is 11.3 Å². The summed E-state index contributed by atoms with van der Waals surface area (Å²) in [5.41, 5.74) is 0.277. The van der Waals surface area contributed by atoms with Crippen molar-refractivity contribution in [2.24, 2.45) is 11.3 Å². The Hall–Kier alpha value is -0.160. The molecule has 18 heavy (non-hydrogen) atoms. The zero-order chi connectivity index (χ0) is 13.8. The Kier molecular flexibility index (Phi) is 6.05. The first-order chi connectivity index (χ1) is 8.31. The molecule has 1 aliphatic rings. The van der Waals surface area contributed by atoms with E-state index in [1.54, 1.807) is 0 Å². The van der Waals surface area contributed by atoms with Crippen LogP contribution >= 0.6 is 0 Å². The highest BCUT2D eigenvalue weighted by atomic mass is 16.3. The van der Waals surface area contributed by atoms with Crippen molar-refractivity contribution in [1.29, 1.82) is 0 Å². The van der Waals surface area contributed by atoms with E-state index in [-0.39, 0.29) is 18.1 Å². The van der Waals surface area contributed by atoms with Crippen LogP contribution in [0.3, 0.4) is 0 Å². The summed E-state index contributed by atoms with van der Waals surface area (Å²) in [4.78, 5) is 2.25. The molecule has 0 radical (unpaired) electrons. The second-order valence-electron chi connectivity index (χ2n) is 6.86. The molecule has 1 fully saturated rings. The number of likely N-dealkylation sites (tertiary alicyclic amines) is 1. The zero-order valence-electron chi connectivity index (χ0n) is 12.3. The third-order valence-electron chi connectivity index (χ3n) is 3.58. The molecule has 1 saturated heterocycles. The highest BCUT2D eigenvalue weighted by molar-refractivity contribution is 4.86. The minimum Gasteiger partial charge on any atom is -0.395 e. The molecule has 0 aromatic carbocycles. The Bertz CT molecular complexity index is 238. The van der Waals surface area contributed by atoms with E-state index in [2.05, 4.69) is 31.0 Å². The van der Waals surface area contributed by atoms with Crippen molar-refractivity contribution in [3.05, 3.63) is 0 Å². The van der Waals surface area contributed by atoms with E-state index in [9.17, 15) is 5.11 Å². The fraction of sp³-hybridized carbons (Fsp3) is 1.00. The Morgan fingerprint density at radius 3 is 2.50 bits per heavy atom. The molecular weight excluding hydrogens is 228 g/mol. The predicted molar refractivity (Wildman–Crippen MR) is 74.6 cm³/mol. The summed E-state index contributed by atoms with van der Waals surface area (Å²) in [6.45, 7) is 12.3. The Balaban J connectivity index is 2.50. The molecule has 4 heteroatoms. The van der Waals surface area contributed by atoms with Gasteiger partial charge in [-0.1, -0.05) is 20.8 Å². The van der Waals surface area contributed by atoms with Crippen molar-refractivity contribution >= 4 is 0 Å². The Morgan fingerprint density at radius 2 is 2.00 bits per heavy atom. The largest absolute Gasteiger partial charge is 0.395 e. The van der Waals surface area contributed by atoms with Crippen molar-refractivity contribution < 1.29 is 10.2 Å². The van der Waals surface area contributed by atoms with Crippen molar-refractivity contribution in [1.82, 2.24) is 10.2 Å². The van der Waals surface area contributed by atoms with E-state index >= 15 is 0 Å². The lowest BCUT2D eigenvalue weighted by Crippen LogP contribution is -2.53. The maximum atomic E-state index is 9.79. The van der Waals surface area contributed by atoms with Crippen LogP contribution in [-0.2, 0) is 0 Å². The van der Waals surface area contributed by atoms with Crippen molar-refractivity contribution in [3.8, 4) is 0 Å². The predicted octanol–water partition coefficient (Wildman–Crippen LogP) is 0.686. The van der Waals surface area contributed by atoms with Crippen LogP contribution in [0.2, 0.25) is 0 Å². The van der Waals surface area contributed by atoms with Crippen LogP contribution in [0.15, 0.2) is 0 Å². The van der Waals surface area contributed by atoms with Crippen LogP contribution in [0.1, 0.15) is 34.1 Å². The van der Waals surface area contributed by atoms with Gasteiger partial charge in [0.05, 0.1) is 12.7 Å². The molecule has 0 amide bonds. The topological polar surface area (TPSA) is 55.7 Å². The number of aliphatic hydroxyl groups is 2. The van der Waals surface area contributed by atoms with E-state index in [1.165, 1.54) is 0 Å². The van der Waals surface area contributed by atoms with Gasteiger partial charge in [-0.05, 0) is 24.7 Å². The molecule has 0 saturated carbocycles. The van der Waals surface area contributed by atoms with Gasteiger partial charge in [-0.15, -0.1) is 0 Å². The van der Waals surface area contributed by atoms with Crippen LogP contribution in [0.4, 0.5) is 0 Å². The summed E-state index contributed by atoms with van der Waals surface area (Å²) >= 11 is 0. The number of aliphatic hydroxyl groups excluding tert-OH is 2. The average molecular weight is 258 g/mol. The molecule has 108 valence electrons. The van der Waals surface area contributed by atoms with Gasteiger partial charge >= 0.3 is 0 Å². The summed E-state index contributed by atoms with van der Waals surface area (Å²) in [6, 6.07) is 0.420. The first-order valence-electron chi connectivity index (χ1n) is 7.06. The summed E-state index contributed by atoms with van der Waals surface area (Å²) < 4.78 is 0. The van der Waals surface area contributed by atoms with Gasteiger partial charge in [0.2, 0.25) is 0 Å². The second-order valence-corrected chi connectivity index (χ2v) is 6.86. The summed E-state index contributed by atoms with van der Waals surface area (Å²) in [6.07, 6.45) is 0.751. The van der Waals surface area contributed by atoms with Gasteiger partial charge in [0.15, 0.2) is 0 Å². The molecule has 0 spiro atoms. The van der Waals surface area contributed by atoms with Crippen molar-refractivity contribution in [3.63, 3.8) is 0 Å². The number of nitrogens with one attached hydrogen (secondary N) is 1. The number of piperidine rings is 1. The monoisotopic (exact) mass is 258 g/mol. The molecule has 0 aliphatic carbocycles. The number of hydrogen-bond donors (Lipinski definition) is 3. The van der Waals surface area contributed by atoms with Gasteiger partial charge in [0.1, 0.15) is 0 Å². The summed E-state index contributed by atoms with van der Waals surface area (Å²) in [5.74, 6) is 0.308. The molecule has 0 aromatic rings. The normalized spacial score (nSPS) is 28.3. The van der Waals surface area contributed by atoms with Gasteiger partial charge in [-0.2, -0.15) is 0 Å². The molecule has 1 rings (SSSR count). The molecule has 1 aliphatic heterocycles. The first-order valence-corrected chi connectivity index (χ1v) is 7.06. The summed E-state index contributed by atoms with van der Waals surface area (Å²) in [7, 11) is 0. The molecular formula is C14H30N2O2. The highest BCUT2D eigenvalue weighted by Crippen LogP contribution is 2.21. The molecule has 3 N–H and O–H groups in total. The maximum Gasteiger partial charge on any atom is 0.0558 e. The van der Waals surface area contributed by atoms with Gasteiger partial charge in [-0.3, -0.25) is 4.90 Å². The van der Waals surface area contributed by atoms with Gasteiger partial charge < -0.3 is 15.5 Å². The third-order valence-corrected chi connectivity index (χ3v) is 3.58. The third kappa shape index (κ3) is 5.65. The number of rotatable bonds is 5. The number of hydrogen-bond acceptors (Lipinski definition) is 4. The molecule has 0 bridgehead atoms. The smallest absolute Gasteiger partial charge is 0.0558 e. The van der Waals surface area contributed by atoms with E-state index in [1.807, 2.05) is 6.92 Å². The molecule has 0 aromatic heterocycles. The average Bonchev–Trinajstić information content (AvgIpc) is 2.25. The van der Waals surface area contributed by atoms with E-state index in [4.69, 9.17) is 5.11 Å². The van der Waals surface area contributed by atoms with E-state index < -0.39 is 0 Å². The Labute approximate surface area is 111 Å². The SMILES string of the molecule is CC(O)C1CC(NCC(C)(C)C)CN(CCO)C1. The Morgan fingerprint density at radius 1 is 1.33 bits per heavy atom. The highest BCUT2D eigenvalue weighted by Gasteiger charge is 2.29. The van der Waals surface area contributed by atoms with E-state index in [0.29, 0.717) is 18.5 Å². The van der Waals surface area contributed by atoms with Crippen molar-refractivity contribution in [2.45, 2.75) is 46.3 Å². The fourth-order valence-electron chi connectivity index (χ4n) is 2.50. The lowest BCUT2D eigenvalue weighted by atomic mass is 9.89. The number of β-amino-alcohol motifs (C(OH)–C–C–N with tert-alkyl or cyclic N) is 1. The maximum absolute atomic E-state index is 9.79. The van der Waals surface area contributed by atoms with E-state index in [0.717, 1.165) is 26.1 Å². The minimum atomic E-state index is -0.273. The van der Waals surface area contributed by atoms with Gasteiger partial charge in [-0.25, -0.2) is 0 Å². The molecule has 4 nitrogen and oxygen atoms in total. The minimum absolute atomic E-state index is 0.193. The quantitative estimate of drug-likeness (QED) is 0.679. The lowest BCUT2D eigenvalue weighted by Gasteiger charge is -2.40. The van der Waals surface area contributed by atoms with Gasteiger partial charge in [0.25, 0.3) is 0 Å². The molecule has 3 unspecified atom stereocenters. The second kappa shape index (κ2) is 6.85. The van der Waals surface area contributed by atoms with Gasteiger partial charge in [0, 0.05) is 32.2 Å². The van der Waals surface area contributed by atoms with Crippen LogP contribution < -0.4 is 5.32 Å². The van der Waals surface area contributed by atoms with Crippen LogP contribution in [0.5, 0.6) is 0 Å². The summed E-state index contributed by atoms with van der Waals surface area (Å²) in [5, 5.41) is 22.5. The zero-order valence-corrected chi connectivity index (χ0v) is 12.3. The standard InChI is InChI=1S/C14H30N2O2/c1-11(18)12-7-13(15-10-14(2,3)4)9-16(8-12)5-6-17/h11-13,15,17-18H,5-10H2,1-4H3. The lowest BCUT2D eigenvalue weighted by molar-refractivity contribution is 0.0397. The first kappa shape index (κ1) is 15.9. The molecule has 3 atom stereocenters. The number of nitrogens with zero attached hydrogens (tertiary/aromatic N) is 1. The van der Waals surface area contributed by atoms with Crippen molar-refractivity contribution in [2.75, 3.05) is 32.8 Å². The molecule has 1 heterocycles.